The molecule has 0 aromatic heterocycles. The highest BCUT2D eigenvalue weighted by atomic mass is 19.4. The normalized spacial score (nSPS) is 22.5. The Morgan fingerprint density at radius 3 is 1.79 bits per heavy atom. The Labute approximate surface area is 242 Å². The summed E-state index contributed by atoms with van der Waals surface area (Å²) < 4.78 is 50.3. The van der Waals surface area contributed by atoms with Crippen LogP contribution in [0, 0.1) is 0 Å². The molecule has 5 rings (SSSR count). The van der Waals surface area contributed by atoms with Crippen LogP contribution in [0.1, 0.15) is 63.0 Å². The fourth-order valence-electron chi connectivity index (χ4n) is 6.79. The molecule has 8 nitrogen and oxygen atoms in total. The van der Waals surface area contributed by atoms with Gasteiger partial charge >= 0.3 is 18.3 Å². The van der Waals surface area contributed by atoms with Crippen molar-refractivity contribution < 1.29 is 51.4 Å². The second-order valence-electron chi connectivity index (χ2n) is 11.0. The number of carbonyl (C=O) groups excluding carboxylic acids is 3. The van der Waals surface area contributed by atoms with Gasteiger partial charge in [-0.25, -0.2) is 9.59 Å². The number of rotatable bonds is 7. The number of halogens is 3. The van der Waals surface area contributed by atoms with E-state index in [0.717, 1.165) is 12.8 Å². The van der Waals surface area contributed by atoms with Crippen LogP contribution in [0.4, 0.5) is 18.0 Å². The zero-order chi connectivity index (χ0) is 30.4. The van der Waals surface area contributed by atoms with Crippen LogP contribution in [-0.2, 0) is 29.4 Å². The number of quaternary nitrogens is 1. The van der Waals surface area contributed by atoms with Crippen LogP contribution in [-0.4, -0.2) is 66.6 Å². The number of carbonyl (C=O) groups is 3. The Morgan fingerprint density at radius 1 is 0.881 bits per heavy atom. The SMILES string of the molecule is CCCOC(=O)OC(C(=O)OC1CC2CCC(C1)[N+]21CCCC1)(c1ccccc1)c1ccccc1.O=C([O-])C(F)(F)F. The number of hydrogen-bond acceptors (Lipinski definition) is 7. The van der Waals surface area contributed by atoms with Crippen molar-refractivity contribution in [2.24, 2.45) is 0 Å². The molecule has 0 radical (unpaired) electrons. The van der Waals surface area contributed by atoms with E-state index >= 15 is 0 Å². The molecule has 228 valence electrons. The molecule has 3 heterocycles. The highest BCUT2D eigenvalue weighted by molar-refractivity contribution is 5.88. The molecule has 1 spiro atoms. The minimum Gasteiger partial charge on any atom is -0.542 e. The van der Waals surface area contributed by atoms with Gasteiger partial charge in [-0.2, -0.15) is 13.2 Å². The van der Waals surface area contributed by atoms with Crippen molar-refractivity contribution in [3.05, 3.63) is 71.8 Å². The fraction of sp³-hybridized carbons (Fsp3) is 0.516. The number of nitrogens with zero attached hydrogens (tertiary/aromatic N) is 1. The molecular weight excluding hydrogens is 555 g/mol. The van der Waals surface area contributed by atoms with Gasteiger partial charge in [0.15, 0.2) is 0 Å². The van der Waals surface area contributed by atoms with Gasteiger partial charge in [0, 0.05) is 49.7 Å². The summed E-state index contributed by atoms with van der Waals surface area (Å²) in [6.07, 6.45) is 1.20. The van der Waals surface area contributed by atoms with Crippen LogP contribution in [0.2, 0.25) is 0 Å². The molecule has 2 aromatic rings. The molecule has 0 N–H and O–H groups in total. The fourth-order valence-corrected chi connectivity index (χ4v) is 6.79. The van der Waals surface area contributed by atoms with E-state index < -0.39 is 29.9 Å². The molecular formula is C31H36F3NO7. The number of piperidine rings is 1. The number of esters is 1. The van der Waals surface area contributed by atoms with Crippen LogP contribution >= 0.6 is 0 Å². The molecule has 0 saturated carbocycles. The minimum atomic E-state index is -5.19. The summed E-state index contributed by atoms with van der Waals surface area (Å²) in [6.45, 7) is 4.66. The molecule has 42 heavy (non-hydrogen) atoms. The van der Waals surface area contributed by atoms with Gasteiger partial charge in [-0.05, 0) is 6.42 Å². The second-order valence-corrected chi connectivity index (χ2v) is 11.0. The summed E-state index contributed by atoms with van der Waals surface area (Å²) in [5, 5.41) is 8.78. The van der Waals surface area contributed by atoms with Crippen LogP contribution in [0.5, 0.6) is 0 Å². The van der Waals surface area contributed by atoms with Crippen molar-refractivity contribution in [1.29, 1.82) is 0 Å². The molecule has 0 amide bonds. The molecule has 3 aliphatic heterocycles. The monoisotopic (exact) mass is 591 g/mol. The van der Waals surface area contributed by atoms with Crippen molar-refractivity contribution in [3.63, 3.8) is 0 Å². The van der Waals surface area contributed by atoms with E-state index in [4.69, 9.17) is 24.1 Å². The molecule has 3 fully saturated rings. The van der Waals surface area contributed by atoms with E-state index in [-0.39, 0.29) is 12.7 Å². The Kier molecular flexibility index (Phi) is 9.81. The predicted molar refractivity (Wildman–Crippen MR) is 143 cm³/mol. The van der Waals surface area contributed by atoms with Crippen molar-refractivity contribution in [2.75, 3.05) is 19.7 Å². The van der Waals surface area contributed by atoms with Gasteiger partial charge < -0.3 is 28.6 Å². The average Bonchev–Trinajstić information content (AvgIpc) is 3.52. The number of alkyl halides is 3. The third-order valence-corrected chi connectivity index (χ3v) is 8.57. The lowest BCUT2D eigenvalue weighted by Crippen LogP contribution is -2.60. The lowest BCUT2D eigenvalue weighted by Gasteiger charge is -2.47. The van der Waals surface area contributed by atoms with Gasteiger partial charge in [0.2, 0.25) is 0 Å². The standard InChI is InChI=1S/C29H36NO5.C2HF3O2/c1-2-19-33-28(32)35-29(22-11-5-3-6-12-22,23-13-7-4-8-14-23)27(31)34-26-20-24-15-16-25(21-26)30(24)17-9-10-18-30;3-2(4,5)1(6)7/h3-8,11-14,24-26H,2,9-10,15-21H2,1H3;(H,6,7)/q+1;/p-1. The van der Waals surface area contributed by atoms with Crippen LogP contribution < -0.4 is 5.11 Å². The average molecular weight is 592 g/mol. The number of ether oxygens (including phenoxy) is 3. The highest BCUT2D eigenvalue weighted by Gasteiger charge is 2.57. The molecule has 0 aliphatic carbocycles. The Bertz CT molecular complexity index is 1160. The quantitative estimate of drug-likeness (QED) is 0.342. The zero-order valence-electron chi connectivity index (χ0n) is 23.5. The maximum atomic E-state index is 14.1. The van der Waals surface area contributed by atoms with Crippen LogP contribution in [0.3, 0.4) is 0 Å². The van der Waals surface area contributed by atoms with Crippen LogP contribution in [0.25, 0.3) is 0 Å². The maximum absolute atomic E-state index is 14.1. The lowest BCUT2D eigenvalue weighted by molar-refractivity contribution is -0.956. The Balaban J connectivity index is 0.000000517. The van der Waals surface area contributed by atoms with Crippen molar-refractivity contribution in [2.45, 2.75) is 81.8 Å². The molecule has 2 atom stereocenters. The molecule has 2 unspecified atom stereocenters. The predicted octanol–water partition coefficient (Wildman–Crippen LogP) is 4.64. The van der Waals surface area contributed by atoms with E-state index in [0.29, 0.717) is 29.6 Å². The Hall–Kier alpha value is -3.60. The summed E-state index contributed by atoms with van der Waals surface area (Å²) in [6, 6.07) is 19.4. The van der Waals surface area contributed by atoms with Crippen molar-refractivity contribution >= 4 is 18.1 Å². The third kappa shape index (κ3) is 6.56. The van der Waals surface area contributed by atoms with Gasteiger partial charge in [0.05, 0.1) is 31.8 Å². The second kappa shape index (κ2) is 13.1. The largest absolute Gasteiger partial charge is 0.542 e. The summed E-state index contributed by atoms with van der Waals surface area (Å²) in [7, 11) is 0. The first kappa shape index (κ1) is 31.3. The lowest BCUT2D eigenvalue weighted by atomic mass is 9.85. The zero-order valence-corrected chi connectivity index (χ0v) is 23.5. The summed E-state index contributed by atoms with van der Waals surface area (Å²) in [4.78, 5) is 35.7. The van der Waals surface area contributed by atoms with E-state index in [1.807, 2.05) is 43.3 Å². The smallest absolute Gasteiger partial charge is 0.510 e. The first-order valence-electron chi connectivity index (χ1n) is 14.4. The molecule has 11 heteroatoms. The first-order valence-corrected chi connectivity index (χ1v) is 14.4. The molecule has 2 bridgehead atoms. The topological polar surface area (TPSA) is 102 Å². The van der Waals surface area contributed by atoms with Gasteiger partial charge in [0.25, 0.3) is 5.60 Å². The summed E-state index contributed by atoms with van der Waals surface area (Å²) in [5.41, 5.74) is -0.637. The number of carboxylic acid groups (broad SMARTS) is 1. The van der Waals surface area contributed by atoms with E-state index in [2.05, 4.69) is 0 Å². The van der Waals surface area contributed by atoms with Gasteiger partial charge in [-0.1, -0.05) is 67.6 Å². The first-order chi connectivity index (χ1) is 20.0. The Morgan fingerprint density at radius 2 is 1.36 bits per heavy atom. The van der Waals surface area contributed by atoms with Crippen molar-refractivity contribution in [1.82, 2.24) is 0 Å². The van der Waals surface area contributed by atoms with Gasteiger partial charge in [-0.3, -0.25) is 0 Å². The van der Waals surface area contributed by atoms with E-state index in [1.165, 1.54) is 43.3 Å². The van der Waals surface area contributed by atoms with Gasteiger partial charge in [0.1, 0.15) is 12.1 Å². The van der Waals surface area contributed by atoms with Crippen LogP contribution in [0.15, 0.2) is 60.7 Å². The number of aliphatic carboxylic acids is 1. The number of hydrogen-bond donors (Lipinski definition) is 0. The maximum Gasteiger partial charge on any atom is 0.510 e. The van der Waals surface area contributed by atoms with E-state index in [9.17, 15) is 22.8 Å². The third-order valence-electron chi connectivity index (χ3n) is 8.57. The number of carboxylic acids is 1. The molecule has 2 aromatic carbocycles. The van der Waals surface area contributed by atoms with Gasteiger partial charge in [-0.15, -0.1) is 0 Å². The summed E-state index contributed by atoms with van der Waals surface area (Å²) in [5.74, 6) is -3.56. The molecule has 3 saturated heterocycles. The molecule has 3 aliphatic rings. The number of benzene rings is 2. The van der Waals surface area contributed by atoms with E-state index in [1.54, 1.807) is 24.3 Å². The summed E-state index contributed by atoms with van der Waals surface area (Å²) >= 11 is 0. The highest BCUT2D eigenvalue weighted by Crippen LogP contribution is 2.47. The van der Waals surface area contributed by atoms with Crippen molar-refractivity contribution in [3.8, 4) is 0 Å². The minimum absolute atomic E-state index is 0.175.